The molecule has 6 nitrogen and oxygen atoms in total. The fraction of sp³-hybridized carbons (Fsp3) is 0.263. The second-order valence-electron chi connectivity index (χ2n) is 6.47. The van der Waals surface area contributed by atoms with E-state index < -0.39 is 10.0 Å². The van der Waals surface area contributed by atoms with Crippen LogP contribution in [-0.4, -0.2) is 38.2 Å². The minimum absolute atomic E-state index is 0.0439. The number of anilines is 1. The van der Waals surface area contributed by atoms with Crippen LogP contribution in [0.25, 0.3) is 0 Å². The molecule has 1 N–H and O–H groups in total. The van der Waals surface area contributed by atoms with Gasteiger partial charge < -0.3 is 10.2 Å². The van der Waals surface area contributed by atoms with Crippen molar-refractivity contribution in [3.05, 3.63) is 59.7 Å². The molecule has 1 fully saturated rings. The zero-order valence-electron chi connectivity index (χ0n) is 14.2. The molecule has 2 aliphatic rings. The largest absolute Gasteiger partial charge is 0.339 e. The van der Waals surface area contributed by atoms with Crippen molar-refractivity contribution in [1.29, 1.82) is 0 Å². The first kappa shape index (κ1) is 16.8. The molecule has 1 saturated heterocycles. The number of rotatable bonds is 2. The predicted octanol–water partition coefficient (Wildman–Crippen LogP) is 2.87. The van der Waals surface area contributed by atoms with Crippen molar-refractivity contribution < 1.29 is 13.2 Å². The Hall–Kier alpha value is -2.67. The smallest absolute Gasteiger partial charge is 0.285 e. The van der Waals surface area contributed by atoms with Crippen LogP contribution >= 0.6 is 0 Å². The van der Waals surface area contributed by atoms with Crippen molar-refractivity contribution in [2.45, 2.75) is 24.2 Å². The highest BCUT2D eigenvalue weighted by molar-refractivity contribution is 7.90. The van der Waals surface area contributed by atoms with Gasteiger partial charge in [-0.05, 0) is 55.7 Å². The maximum atomic E-state index is 12.5. The Balaban J connectivity index is 1.53. The van der Waals surface area contributed by atoms with Gasteiger partial charge in [-0.1, -0.05) is 12.1 Å². The average molecular weight is 369 g/mol. The van der Waals surface area contributed by atoms with E-state index in [1.807, 2.05) is 4.90 Å². The molecule has 0 unspecified atom stereocenters. The summed E-state index contributed by atoms with van der Waals surface area (Å²) in [6.07, 6.45) is 3.29. The second-order valence-corrected chi connectivity index (χ2v) is 8.04. The normalized spacial score (nSPS) is 18.2. The Morgan fingerprint density at radius 1 is 0.962 bits per heavy atom. The van der Waals surface area contributed by atoms with Crippen LogP contribution in [0.2, 0.25) is 0 Å². The number of carbonyl (C=O) groups is 1. The molecule has 0 aromatic heterocycles. The van der Waals surface area contributed by atoms with Crippen molar-refractivity contribution in [3.63, 3.8) is 0 Å². The number of nitrogens with zero attached hydrogens (tertiary/aromatic N) is 2. The van der Waals surface area contributed by atoms with Gasteiger partial charge in [0.1, 0.15) is 4.90 Å². The third-order valence-electron chi connectivity index (χ3n) is 4.67. The molecule has 0 saturated carbocycles. The first-order valence-corrected chi connectivity index (χ1v) is 10.1. The Morgan fingerprint density at radius 3 is 2.38 bits per heavy atom. The Bertz CT molecular complexity index is 975. The Morgan fingerprint density at radius 2 is 1.65 bits per heavy atom. The standard InChI is InChI=1S/C19H19N3O3S/c23-19(22-12-4-1-5-13-22)14-8-10-15(11-9-14)20-18-16-6-2-3-7-17(16)26(24,25)21-18/h2-3,6-11H,1,4-5,12-13H2,(H,20,21). The number of hydrogen-bond donors (Lipinski definition) is 1. The highest BCUT2D eigenvalue weighted by atomic mass is 32.2. The molecule has 1 amide bonds. The van der Waals surface area contributed by atoms with E-state index in [0.29, 0.717) is 22.6 Å². The van der Waals surface area contributed by atoms with E-state index >= 15 is 0 Å². The zero-order chi connectivity index (χ0) is 18.1. The molecule has 0 radical (unpaired) electrons. The Labute approximate surface area is 152 Å². The van der Waals surface area contributed by atoms with Crippen LogP contribution in [0.4, 0.5) is 5.69 Å². The van der Waals surface area contributed by atoms with Crippen molar-refractivity contribution in [2.75, 3.05) is 18.4 Å². The number of amides is 1. The van der Waals surface area contributed by atoms with Gasteiger partial charge in [-0.3, -0.25) is 4.79 Å². The second kappa shape index (κ2) is 6.57. The fourth-order valence-corrected chi connectivity index (χ4v) is 4.48. The van der Waals surface area contributed by atoms with Gasteiger partial charge in [-0.2, -0.15) is 8.42 Å². The molecule has 134 valence electrons. The summed E-state index contributed by atoms with van der Waals surface area (Å²) in [6.45, 7) is 1.62. The van der Waals surface area contributed by atoms with E-state index in [9.17, 15) is 13.2 Å². The molecule has 2 aromatic carbocycles. The van der Waals surface area contributed by atoms with Gasteiger partial charge in [0.25, 0.3) is 15.9 Å². The average Bonchev–Trinajstić information content (AvgIpc) is 2.93. The van der Waals surface area contributed by atoms with E-state index in [1.165, 1.54) is 6.42 Å². The number of amidine groups is 1. The van der Waals surface area contributed by atoms with Gasteiger partial charge in [-0.15, -0.1) is 4.40 Å². The molecular weight excluding hydrogens is 350 g/mol. The first-order chi connectivity index (χ1) is 12.5. The number of carbonyl (C=O) groups excluding carboxylic acids is 1. The van der Waals surface area contributed by atoms with Crippen LogP contribution in [0.3, 0.4) is 0 Å². The van der Waals surface area contributed by atoms with Gasteiger partial charge in [-0.25, -0.2) is 0 Å². The van der Waals surface area contributed by atoms with Crippen LogP contribution in [-0.2, 0) is 10.0 Å². The van der Waals surface area contributed by atoms with Crippen LogP contribution < -0.4 is 5.32 Å². The number of hydrogen-bond acceptors (Lipinski definition) is 4. The number of benzene rings is 2. The van der Waals surface area contributed by atoms with Crippen LogP contribution in [0.15, 0.2) is 57.8 Å². The number of fused-ring (bicyclic) bond motifs is 1. The summed E-state index contributed by atoms with van der Waals surface area (Å²) in [5, 5.41) is 3.04. The molecule has 4 rings (SSSR count). The lowest BCUT2D eigenvalue weighted by Gasteiger charge is -2.26. The molecule has 0 spiro atoms. The van der Waals surface area contributed by atoms with Crippen LogP contribution in [0, 0.1) is 0 Å². The molecule has 2 heterocycles. The maximum absolute atomic E-state index is 12.5. The van der Waals surface area contributed by atoms with Crippen LogP contribution in [0.5, 0.6) is 0 Å². The van der Waals surface area contributed by atoms with E-state index in [1.54, 1.807) is 48.5 Å². The molecule has 2 aromatic rings. The summed E-state index contributed by atoms with van der Waals surface area (Å²) in [4.78, 5) is 14.6. The van der Waals surface area contributed by atoms with Gasteiger partial charge in [0, 0.05) is 29.9 Å². The van der Waals surface area contributed by atoms with Gasteiger partial charge in [0.05, 0.1) is 0 Å². The van der Waals surface area contributed by atoms with Gasteiger partial charge in [0.15, 0.2) is 5.84 Å². The van der Waals surface area contributed by atoms with Crippen molar-refractivity contribution in [1.82, 2.24) is 4.90 Å². The molecule has 7 heteroatoms. The maximum Gasteiger partial charge on any atom is 0.285 e. The fourth-order valence-electron chi connectivity index (χ4n) is 3.31. The lowest BCUT2D eigenvalue weighted by Crippen LogP contribution is -2.35. The minimum Gasteiger partial charge on any atom is -0.339 e. The van der Waals surface area contributed by atoms with Gasteiger partial charge >= 0.3 is 0 Å². The summed E-state index contributed by atoms with van der Waals surface area (Å²) in [7, 11) is -3.65. The quantitative estimate of drug-likeness (QED) is 0.883. The summed E-state index contributed by atoms with van der Waals surface area (Å²) in [5.74, 6) is 0.345. The van der Waals surface area contributed by atoms with Crippen LogP contribution in [0.1, 0.15) is 35.2 Å². The zero-order valence-corrected chi connectivity index (χ0v) is 15.0. The number of nitrogens with one attached hydrogen (secondary N) is 1. The highest BCUT2D eigenvalue weighted by Gasteiger charge is 2.28. The molecule has 26 heavy (non-hydrogen) atoms. The molecule has 2 aliphatic heterocycles. The van der Waals surface area contributed by atoms with E-state index in [-0.39, 0.29) is 10.8 Å². The van der Waals surface area contributed by atoms with Crippen molar-refractivity contribution in [3.8, 4) is 0 Å². The number of likely N-dealkylation sites (tertiary alicyclic amines) is 1. The minimum atomic E-state index is -3.65. The SMILES string of the molecule is O=C(c1ccc(NC2=NS(=O)(=O)c3ccccc32)cc1)N1CCCCC1. The lowest BCUT2D eigenvalue weighted by atomic mass is 10.1. The molecule has 0 bridgehead atoms. The summed E-state index contributed by atoms with van der Waals surface area (Å²) in [5.41, 5.74) is 1.88. The van der Waals surface area contributed by atoms with Gasteiger partial charge in [0.2, 0.25) is 0 Å². The monoisotopic (exact) mass is 369 g/mol. The van der Waals surface area contributed by atoms with Crippen molar-refractivity contribution >= 4 is 27.5 Å². The number of piperidine rings is 1. The first-order valence-electron chi connectivity index (χ1n) is 8.65. The molecule has 0 aliphatic carbocycles. The lowest BCUT2D eigenvalue weighted by molar-refractivity contribution is 0.0724. The van der Waals surface area contributed by atoms with E-state index in [2.05, 4.69) is 9.71 Å². The molecular formula is C19H19N3O3S. The summed E-state index contributed by atoms with van der Waals surface area (Å²) in [6, 6.07) is 13.8. The Kier molecular flexibility index (Phi) is 4.24. The third kappa shape index (κ3) is 3.10. The topological polar surface area (TPSA) is 78.8 Å². The van der Waals surface area contributed by atoms with E-state index in [0.717, 1.165) is 25.9 Å². The third-order valence-corrected chi connectivity index (χ3v) is 6.00. The van der Waals surface area contributed by atoms with Crippen molar-refractivity contribution in [2.24, 2.45) is 4.40 Å². The summed E-state index contributed by atoms with van der Waals surface area (Å²) >= 11 is 0. The predicted molar refractivity (Wildman–Crippen MR) is 100.0 cm³/mol. The van der Waals surface area contributed by atoms with E-state index in [4.69, 9.17) is 0 Å². The number of sulfonamides is 1. The molecule has 0 atom stereocenters. The highest BCUT2D eigenvalue weighted by Crippen LogP contribution is 2.26. The summed E-state index contributed by atoms with van der Waals surface area (Å²) < 4.78 is 28.0.